The van der Waals surface area contributed by atoms with E-state index in [1.54, 1.807) is 6.26 Å². The Bertz CT molecular complexity index is 582. The highest BCUT2D eigenvalue weighted by molar-refractivity contribution is 5.97. The summed E-state index contributed by atoms with van der Waals surface area (Å²) in [5.41, 5.74) is 2.96. The summed E-state index contributed by atoms with van der Waals surface area (Å²) in [6.45, 7) is 1.40. The zero-order chi connectivity index (χ0) is 13.1. The quantitative estimate of drug-likeness (QED) is 0.914. The number of carbonyl (C=O) groups excluding carboxylic acids is 1. The lowest BCUT2D eigenvalue weighted by Gasteiger charge is -2.20. The summed E-state index contributed by atoms with van der Waals surface area (Å²) in [6, 6.07) is 9.48. The fraction of sp³-hybridized carbons (Fsp3) is 0.267. The van der Waals surface area contributed by atoms with Gasteiger partial charge in [0.1, 0.15) is 5.76 Å². The Hall–Kier alpha value is -1.94. The number of nitrogens with one attached hydrogen (secondary N) is 2. The van der Waals surface area contributed by atoms with Crippen molar-refractivity contribution in [3.05, 3.63) is 53.5 Å². The van der Waals surface area contributed by atoms with Gasteiger partial charge < -0.3 is 15.1 Å². The van der Waals surface area contributed by atoms with Crippen molar-refractivity contribution < 1.29 is 9.21 Å². The maximum absolute atomic E-state index is 12.2. The first-order chi connectivity index (χ1) is 9.34. The van der Waals surface area contributed by atoms with Crippen LogP contribution in [0.15, 0.2) is 41.0 Å². The van der Waals surface area contributed by atoms with E-state index in [9.17, 15) is 4.79 Å². The minimum atomic E-state index is -0.0445. The minimum Gasteiger partial charge on any atom is -0.467 e. The Labute approximate surface area is 124 Å². The molecule has 1 aromatic carbocycles. The molecule has 5 heteroatoms. The summed E-state index contributed by atoms with van der Waals surface area (Å²) >= 11 is 0. The summed E-state index contributed by atoms with van der Waals surface area (Å²) in [4.78, 5) is 12.2. The van der Waals surface area contributed by atoms with Gasteiger partial charge in [0.25, 0.3) is 5.91 Å². The SMILES string of the molecule is Cl.O=C(NCc1ccco1)c1cccc2c1CCCN2. The Morgan fingerprint density at radius 1 is 1.30 bits per heavy atom. The summed E-state index contributed by atoms with van der Waals surface area (Å²) < 4.78 is 5.21. The summed E-state index contributed by atoms with van der Waals surface area (Å²) in [5.74, 6) is 0.716. The molecule has 0 atom stereocenters. The largest absolute Gasteiger partial charge is 0.467 e. The van der Waals surface area contributed by atoms with Crippen LogP contribution in [0.3, 0.4) is 0 Å². The molecule has 0 spiro atoms. The van der Waals surface area contributed by atoms with Crippen molar-refractivity contribution >= 4 is 24.0 Å². The molecule has 2 heterocycles. The minimum absolute atomic E-state index is 0. The number of carbonyl (C=O) groups is 1. The van der Waals surface area contributed by atoms with E-state index >= 15 is 0 Å². The van der Waals surface area contributed by atoms with Gasteiger partial charge in [0.15, 0.2) is 0 Å². The van der Waals surface area contributed by atoms with E-state index < -0.39 is 0 Å². The highest BCUT2D eigenvalue weighted by Crippen LogP contribution is 2.25. The summed E-state index contributed by atoms with van der Waals surface area (Å²) in [7, 11) is 0. The molecule has 4 nitrogen and oxygen atoms in total. The average Bonchev–Trinajstić information content (AvgIpc) is 2.97. The van der Waals surface area contributed by atoms with Crippen LogP contribution in [0.2, 0.25) is 0 Å². The first kappa shape index (κ1) is 14.5. The molecule has 0 bridgehead atoms. The van der Waals surface area contributed by atoms with Gasteiger partial charge in [-0.1, -0.05) is 6.07 Å². The summed E-state index contributed by atoms with van der Waals surface area (Å²) in [5, 5.41) is 6.22. The molecule has 0 unspecified atom stereocenters. The molecular weight excluding hydrogens is 276 g/mol. The van der Waals surface area contributed by atoms with Gasteiger partial charge in [0, 0.05) is 17.8 Å². The Morgan fingerprint density at radius 2 is 2.20 bits per heavy atom. The molecule has 1 aromatic heterocycles. The highest BCUT2D eigenvalue weighted by Gasteiger charge is 2.17. The predicted molar refractivity (Wildman–Crippen MR) is 80.4 cm³/mol. The highest BCUT2D eigenvalue weighted by atomic mass is 35.5. The van der Waals surface area contributed by atoms with E-state index in [2.05, 4.69) is 10.6 Å². The zero-order valence-electron chi connectivity index (χ0n) is 11.0. The third-order valence-corrected chi connectivity index (χ3v) is 3.34. The van der Waals surface area contributed by atoms with E-state index in [0.717, 1.165) is 42.0 Å². The fourth-order valence-corrected chi connectivity index (χ4v) is 2.40. The number of hydrogen-bond donors (Lipinski definition) is 2. The van der Waals surface area contributed by atoms with Crippen molar-refractivity contribution in [1.29, 1.82) is 0 Å². The number of benzene rings is 1. The number of rotatable bonds is 3. The van der Waals surface area contributed by atoms with Crippen molar-refractivity contribution in [2.45, 2.75) is 19.4 Å². The lowest BCUT2D eigenvalue weighted by molar-refractivity contribution is 0.0947. The van der Waals surface area contributed by atoms with Gasteiger partial charge in [-0.3, -0.25) is 4.79 Å². The second-order valence-corrected chi connectivity index (χ2v) is 4.62. The van der Waals surface area contributed by atoms with Gasteiger partial charge in [0.2, 0.25) is 0 Å². The van der Waals surface area contributed by atoms with Crippen LogP contribution < -0.4 is 10.6 Å². The third-order valence-electron chi connectivity index (χ3n) is 3.34. The van der Waals surface area contributed by atoms with Crippen molar-refractivity contribution in [3.8, 4) is 0 Å². The predicted octanol–water partition coefficient (Wildman–Crippen LogP) is 2.99. The van der Waals surface area contributed by atoms with E-state index in [4.69, 9.17) is 4.42 Å². The molecule has 0 saturated carbocycles. The van der Waals surface area contributed by atoms with E-state index in [1.807, 2.05) is 30.3 Å². The number of hydrogen-bond acceptors (Lipinski definition) is 3. The maximum atomic E-state index is 12.2. The third kappa shape index (κ3) is 2.96. The second-order valence-electron chi connectivity index (χ2n) is 4.62. The van der Waals surface area contributed by atoms with Crippen LogP contribution in [0.4, 0.5) is 5.69 Å². The number of furan rings is 1. The Morgan fingerprint density at radius 3 is 3.00 bits per heavy atom. The molecule has 0 radical (unpaired) electrons. The van der Waals surface area contributed by atoms with Crippen molar-refractivity contribution in [3.63, 3.8) is 0 Å². The molecule has 0 saturated heterocycles. The standard InChI is InChI=1S/C15H16N2O2.ClH/c18-15(17-10-11-4-3-9-19-11)13-5-1-7-14-12(13)6-2-8-16-14;/h1,3-5,7,9,16H,2,6,8,10H2,(H,17,18);1H. The Balaban J connectivity index is 0.00000147. The van der Waals surface area contributed by atoms with Crippen LogP contribution in [0.25, 0.3) is 0 Å². The van der Waals surface area contributed by atoms with Gasteiger partial charge in [-0.05, 0) is 42.7 Å². The van der Waals surface area contributed by atoms with Gasteiger partial charge in [-0.2, -0.15) is 0 Å². The molecule has 2 N–H and O–H groups in total. The van der Waals surface area contributed by atoms with Crippen LogP contribution in [-0.4, -0.2) is 12.5 Å². The van der Waals surface area contributed by atoms with Crippen molar-refractivity contribution in [2.75, 3.05) is 11.9 Å². The molecule has 1 aliphatic rings. The van der Waals surface area contributed by atoms with Crippen molar-refractivity contribution in [1.82, 2.24) is 5.32 Å². The van der Waals surface area contributed by atoms with E-state index in [1.165, 1.54) is 0 Å². The molecule has 1 aliphatic heterocycles. The molecule has 20 heavy (non-hydrogen) atoms. The van der Waals surface area contributed by atoms with Gasteiger partial charge in [-0.25, -0.2) is 0 Å². The van der Waals surface area contributed by atoms with Crippen LogP contribution >= 0.6 is 12.4 Å². The molecule has 0 aliphatic carbocycles. The smallest absolute Gasteiger partial charge is 0.252 e. The van der Waals surface area contributed by atoms with Gasteiger partial charge in [-0.15, -0.1) is 12.4 Å². The Kier molecular flexibility index (Phi) is 4.69. The van der Waals surface area contributed by atoms with Crippen LogP contribution in [0.5, 0.6) is 0 Å². The zero-order valence-corrected chi connectivity index (χ0v) is 11.8. The van der Waals surface area contributed by atoms with Crippen molar-refractivity contribution in [2.24, 2.45) is 0 Å². The lowest BCUT2D eigenvalue weighted by atomic mass is 9.97. The lowest BCUT2D eigenvalue weighted by Crippen LogP contribution is -2.25. The number of amides is 1. The number of fused-ring (bicyclic) bond motifs is 1. The normalized spacial score (nSPS) is 12.8. The molecule has 0 fully saturated rings. The molecule has 3 rings (SSSR count). The topological polar surface area (TPSA) is 54.3 Å². The summed E-state index contributed by atoms with van der Waals surface area (Å²) in [6.07, 6.45) is 3.62. The molecule has 1 amide bonds. The van der Waals surface area contributed by atoms with Crippen LogP contribution in [0.1, 0.15) is 28.1 Å². The second kappa shape index (κ2) is 6.48. The maximum Gasteiger partial charge on any atom is 0.252 e. The molecule has 2 aromatic rings. The van der Waals surface area contributed by atoms with Crippen LogP contribution in [-0.2, 0) is 13.0 Å². The first-order valence-electron chi connectivity index (χ1n) is 6.51. The van der Waals surface area contributed by atoms with E-state index in [0.29, 0.717) is 6.54 Å². The number of anilines is 1. The monoisotopic (exact) mass is 292 g/mol. The molecule has 106 valence electrons. The van der Waals surface area contributed by atoms with Gasteiger partial charge in [0.05, 0.1) is 12.8 Å². The first-order valence-corrected chi connectivity index (χ1v) is 6.51. The molecular formula is C15H17ClN2O2. The average molecular weight is 293 g/mol. The van der Waals surface area contributed by atoms with Crippen LogP contribution in [0, 0.1) is 0 Å². The number of halogens is 1. The van der Waals surface area contributed by atoms with Gasteiger partial charge >= 0.3 is 0 Å². The fourth-order valence-electron chi connectivity index (χ4n) is 2.40. The van der Waals surface area contributed by atoms with E-state index in [-0.39, 0.29) is 18.3 Å².